The number of rotatable bonds is 3. The van der Waals surface area contributed by atoms with Crippen LogP contribution in [0.3, 0.4) is 0 Å². The van der Waals surface area contributed by atoms with Gasteiger partial charge in [-0.3, -0.25) is 0 Å². The fraction of sp³-hybridized carbons (Fsp3) is 0.0909. The van der Waals surface area contributed by atoms with E-state index < -0.39 is 6.18 Å². The van der Waals surface area contributed by atoms with Crippen molar-refractivity contribution < 1.29 is 18.0 Å². The summed E-state index contributed by atoms with van der Waals surface area (Å²) >= 11 is 5.66. The van der Waals surface area contributed by atoms with Gasteiger partial charge in [-0.25, -0.2) is 0 Å². The number of hydrogen-bond donors (Lipinski definition) is 0. The van der Waals surface area contributed by atoms with Gasteiger partial charge in [0.15, 0.2) is 0 Å². The Hall–Kier alpha value is -1.71. The predicted molar refractivity (Wildman–Crippen MR) is 59.6 cm³/mol. The highest BCUT2D eigenvalue weighted by atomic mass is 35.5. The Morgan fingerprint density at radius 1 is 1.35 bits per heavy atom. The highest BCUT2D eigenvalue weighted by Crippen LogP contribution is 2.18. The van der Waals surface area contributed by atoms with E-state index in [0.29, 0.717) is 10.6 Å². The van der Waals surface area contributed by atoms with Crippen molar-refractivity contribution in [3.63, 3.8) is 0 Å². The fourth-order valence-corrected chi connectivity index (χ4v) is 1.05. The van der Waals surface area contributed by atoms with Crippen molar-refractivity contribution in [2.45, 2.75) is 6.18 Å². The third-order valence-corrected chi connectivity index (χ3v) is 1.86. The average Bonchev–Trinajstić information content (AvgIpc) is 2.24. The first kappa shape index (κ1) is 13.4. The van der Waals surface area contributed by atoms with Crippen LogP contribution in [0.2, 0.25) is 5.02 Å². The van der Waals surface area contributed by atoms with E-state index in [1.165, 1.54) is 0 Å². The number of alkyl halides is 3. The molecule has 2 nitrogen and oxygen atoms in total. The standard InChI is InChI=1S/C11H7ClF3NO/c1-2-10(17-16-7-11(13,14)15)8-3-5-9(12)6-4-8/h3-7H,1H2/b16-7+. The third kappa shape index (κ3) is 4.76. The zero-order valence-corrected chi connectivity index (χ0v) is 9.22. The first-order chi connectivity index (χ1) is 7.92. The van der Waals surface area contributed by atoms with Crippen LogP contribution in [0.15, 0.2) is 41.7 Å². The average molecular weight is 262 g/mol. The Bertz CT molecular complexity index is 459. The molecule has 0 aliphatic rings. The molecule has 0 fully saturated rings. The van der Waals surface area contributed by atoms with E-state index >= 15 is 0 Å². The maximum atomic E-state index is 11.8. The zero-order chi connectivity index (χ0) is 12.9. The fourth-order valence-electron chi connectivity index (χ4n) is 0.927. The number of nitrogens with zero attached hydrogens (tertiary/aromatic N) is 1. The molecular weight excluding hydrogens is 255 g/mol. The molecule has 0 heterocycles. The molecule has 1 rings (SSSR count). The summed E-state index contributed by atoms with van der Waals surface area (Å²) in [5.74, 6) is -0.0119. The minimum atomic E-state index is -4.52. The molecule has 0 saturated heterocycles. The minimum absolute atomic E-state index is 0.0119. The second-order valence-corrected chi connectivity index (χ2v) is 3.32. The molecule has 0 atom stereocenters. The van der Waals surface area contributed by atoms with Crippen molar-refractivity contribution >= 4 is 23.6 Å². The second kappa shape index (κ2) is 5.57. The number of benzene rings is 1. The normalized spacial score (nSPS) is 11.3. The molecule has 1 aromatic rings. The van der Waals surface area contributed by atoms with E-state index in [4.69, 9.17) is 11.6 Å². The lowest BCUT2D eigenvalue weighted by Crippen LogP contribution is -2.08. The molecule has 17 heavy (non-hydrogen) atoms. The molecule has 0 spiro atoms. The van der Waals surface area contributed by atoms with Gasteiger partial charge in [0.25, 0.3) is 0 Å². The lowest BCUT2D eigenvalue weighted by atomic mass is 10.2. The summed E-state index contributed by atoms with van der Waals surface area (Å²) in [4.78, 5) is 4.54. The Balaban J connectivity index is 2.78. The van der Waals surface area contributed by atoms with Crippen LogP contribution in [0, 0.1) is 0 Å². The first-order valence-electron chi connectivity index (χ1n) is 4.36. The van der Waals surface area contributed by atoms with Gasteiger partial charge in [-0.05, 0) is 24.3 Å². The number of hydrogen-bond acceptors (Lipinski definition) is 2. The van der Waals surface area contributed by atoms with Crippen LogP contribution >= 0.6 is 11.6 Å². The van der Waals surface area contributed by atoms with Crippen molar-refractivity contribution in [2.24, 2.45) is 5.16 Å². The molecule has 0 amide bonds. The molecule has 0 saturated carbocycles. The summed E-state index contributed by atoms with van der Waals surface area (Å²) in [6.07, 6.45) is -4.79. The van der Waals surface area contributed by atoms with Gasteiger partial charge in [0, 0.05) is 10.6 Å². The third-order valence-electron chi connectivity index (χ3n) is 1.61. The summed E-state index contributed by atoms with van der Waals surface area (Å²) in [6.45, 7) is 3.30. The number of oxime groups is 1. The molecule has 0 aliphatic heterocycles. The van der Waals surface area contributed by atoms with Crippen LogP contribution in [0.5, 0.6) is 0 Å². The minimum Gasteiger partial charge on any atom is -0.348 e. The van der Waals surface area contributed by atoms with Gasteiger partial charge < -0.3 is 4.84 Å². The molecule has 6 heteroatoms. The van der Waals surface area contributed by atoms with Crippen molar-refractivity contribution in [1.82, 2.24) is 0 Å². The summed E-state index contributed by atoms with van der Waals surface area (Å²) in [5.41, 5.74) is 2.82. The Kier molecular flexibility index (Phi) is 4.37. The summed E-state index contributed by atoms with van der Waals surface area (Å²) in [5, 5.41) is 3.29. The van der Waals surface area contributed by atoms with Crippen LogP contribution in [0.1, 0.15) is 5.56 Å². The van der Waals surface area contributed by atoms with Gasteiger partial charge >= 0.3 is 6.18 Å². The maximum absolute atomic E-state index is 11.8. The summed E-state index contributed by atoms with van der Waals surface area (Å²) in [7, 11) is 0. The van der Waals surface area contributed by atoms with Crippen LogP contribution in [0.4, 0.5) is 13.2 Å². The van der Waals surface area contributed by atoms with Gasteiger partial charge in [-0.15, -0.1) is 0 Å². The highest BCUT2D eigenvalue weighted by molar-refractivity contribution is 6.30. The van der Waals surface area contributed by atoms with E-state index in [0.717, 1.165) is 0 Å². The van der Waals surface area contributed by atoms with Crippen LogP contribution < -0.4 is 0 Å². The molecule has 0 unspecified atom stereocenters. The van der Waals surface area contributed by atoms with E-state index in [9.17, 15) is 13.2 Å². The van der Waals surface area contributed by atoms with Gasteiger partial charge in [0.2, 0.25) is 5.76 Å². The zero-order valence-electron chi connectivity index (χ0n) is 8.46. The van der Waals surface area contributed by atoms with Crippen molar-refractivity contribution in [1.29, 1.82) is 0 Å². The van der Waals surface area contributed by atoms with Gasteiger partial charge in [-0.2, -0.15) is 13.2 Å². The van der Waals surface area contributed by atoms with E-state index in [1.807, 2.05) is 0 Å². The van der Waals surface area contributed by atoms with Crippen LogP contribution in [-0.4, -0.2) is 12.4 Å². The lowest BCUT2D eigenvalue weighted by Gasteiger charge is -2.02. The lowest BCUT2D eigenvalue weighted by molar-refractivity contribution is -0.0553. The largest absolute Gasteiger partial charge is 0.429 e. The smallest absolute Gasteiger partial charge is 0.348 e. The van der Waals surface area contributed by atoms with Crippen LogP contribution in [-0.2, 0) is 4.84 Å². The molecule has 0 radical (unpaired) electrons. The molecule has 90 valence electrons. The monoisotopic (exact) mass is 261 g/mol. The van der Waals surface area contributed by atoms with Crippen molar-refractivity contribution in [3.8, 4) is 0 Å². The quantitative estimate of drug-likeness (QED) is 0.348. The SMILES string of the molecule is C=C=C(O/N=C/C(F)(F)F)c1ccc(Cl)cc1. The Labute approximate surface area is 101 Å². The van der Waals surface area contributed by atoms with Gasteiger partial charge in [0.05, 0.1) is 0 Å². The van der Waals surface area contributed by atoms with E-state index in [1.54, 1.807) is 24.3 Å². The first-order valence-corrected chi connectivity index (χ1v) is 4.74. The molecule has 1 aromatic carbocycles. The Morgan fingerprint density at radius 3 is 2.41 bits per heavy atom. The molecule has 0 N–H and O–H groups in total. The summed E-state index contributed by atoms with van der Waals surface area (Å²) in [6, 6.07) is 6.23. The Morgan fingerprint density at radius 2 is 1.94 bits per heavy atom. The van der Waals surface area contributed by atoms with Crippen molar-refractivity contribution in [2.75, 3.05) is 0 Å². The topological polar surface area (TPSA) is 21.6 Å². The van der Waals surface area contributed by atoms with Crippen molar-refractivity contribution in [3.05, 3.63) is 47.2 Å². The van der Waals surface area contributed by atoms with Crippen LogP contribution in [0.25, 0.3) is 5.76 Å². The highest BCUT2D eigenvalue weighted by Gasteiger charge is 2.24. The van der Waals surface area contributed by atoms with Gasteiger partial charge in [0.1, 0.15) is 6.21 Å². The van der Waals surface area contributed by atoms with E-state index in [-0.39, 0.29) is 12.0 Å². The number of halogens is 4. The molecule has 0 aliphatic carbocycles. The predicted octanol–water partition coefficient (Wildman–Crippen LogP) is 4.03. The maximum Gasteiger partial charge on any atom is 0.429 e. The summed E-state index contributed by atoms with van der Waals surface area (Å²) < 4.78 is 35.3. The van der Waals surface area contributed by atoms with Gasteiger partial charge in [-0.1, -0.05) is 29.1 Å². The van der Waals surface area contributed by atoms with E-state index in [2.05, 4.69) is 22.3 Å². The second-order valence-electron chi connectivity index (χ2n) is 2.88. The molecular formula is C11H7ClF3NO. The molecule has 0 aromatic heterocycles. The molecule has 0 bridgehead atoms.